The molecule has 0 fully saturated rings. The van der Waals surface area contributed by atoms with Crippen LogP contribution in [0.3, 0.4) is 0 Å². The lowest BCUT2D eigenvalue weighted by Crippen LogP contribution is -2.28. The Labute approximate surface area is 216 Å². The fourth-order valence-corrected chi connectivity index (χ4v) is 5.09. The van der Waals surface area contributed by atoms with Gasteiger partial charge in [0, 0.05) is 23.2 Å². The largest absolute Gasteiger partial charge is 0.507 e. The lowest BCUT2D eigenvalue weighted by Gasteiger charge is -2.28. The SMILES string of the molecule is CCC(CC)CCCn1c(=N)n(CC(=O)c2cc(C(C)(C)C)c(O)c(C(C)(C)C)c2)c2ccccc21. The summed E-state index contributed by atoms with van der Waals surface area (Å²) in [6.07, 6.45) is 4.54. The van der Waals surface area contributed by atoms with E-state index < -0.39 is 0 Å². The van der Waals surface area contributed by atoms with E-state index in [4.69, 9.17) is 5.41 Å². The summed E-state index contributed by atoms with van der Waals surface area (Å²) in [5.41, 5.74) is 3.79. The van der Waals surface area contributed by atoms with Gasteiger partial charge in [-0.15, -0.1) is 0 Å². The third kappa shape index (κ3) is 5.77. The average Bonchev–Trinajstić information content (AvgIpc) is 3.06. The van der Waals surface area contributed by atoms with Gasteiger partial charge in [-0.25, -0.2) is 0 Å². The van der Waals surface area contributed by atoms with Gasteiger partial charge in [0.15, 0.2) is 5.78 Å². The number of hydrogen-bond donors (Lipinski definition) is 2. The molecule has 2 aromatic carbocycles. The molecular formula is C31H45N3O2. The molecule has 3 aromatic rings. The average molecular weight is 492 g/mol. The molecule has 0 bridgehead atoms. The predicted molar refractivity (Wildman–Crippen MR) is 149 cm³/mol. The van der Waals surface area contributed by atoms with Crippen LogP contribution in [0.15, 0.2) is 36.4 Å². The quantitative estimate of drug-likeness (QED) is 0.308. The number of carbonyl (C=O) groups excluding carboxylic acids is 1. The zero-order valence-electron chi connectivity index (χ0n) is 23.5. The minimum atomic E-state index is -0.307. The number of nitrogens with zero attached hydrogens (tertiary/aromatic N) is 2. The third-order valence-corrected chi connectivity index (χ3v) is 7.47. The van der Waals surface area contributed by atoms with Gasteiger partial charge in [-0.05, 0) is 53.9 Å². The highest BCUT2D eigenvalue weighted by Gasteiger charge is 2.28. The number of Topliss-reactive ketones (excluding diaryl/α,β-unsaturated/α-hetero) is 1. The van der Waals surface area contributed by atoms with Crippen LogP contribution >= 0.6 is 0 Å². The molecule has 1 aromatic heterocycles. The molecule has 1 heterocycles. The van der Waals surface area contributed by atoms with Crippen molar-refractivity contribution in [2.75, 3.05) is 0 Å². The van der Waals surface area contributed by atoms with Crippen LogP contribution in [0.2, 0.25) is 0 Å². The van der Waals surface area contributed by atoms with Gasteiger partial charge in [-0.1, -0.05) is 80.4 Å². The summed E-state index contributed by atoms with van der Waals surface area (Å²) in [5.74, 6) is 0.942. The molecule has 0 spiro atoms. The summed E-state index contributed by atoms with van der Waals surface area (Å²) in [6.45, 7) is 17.7. The zero-order valence-corrected chi connectivity index (χ0v) is 23.5. The number of imidazole rings is 1. The Morgan fingerprint density at radius 2 is 1.42 bits per heavy atom. The summed E-state index contributed by atoms with van der Waals surface area (Å²) in [7, 11) is 0. The van der Waals surface area contributed by atoms with Crippen LogP contribution in [-0.4, -0.2) is 20.0 Å². The van der Waals surface area contributed by atoms with Crippen LogP contribution in [0, 0.1) is 11.3 Å². The number of fused-ring (bicyclic) bond motifs is 1. The van der Waals surface area contributed by atoms with Gasteiger partial charge in [0.05, 0.1) is 17.6 Å². The molecular weight excluding hydrogens is 446 g/mol. The number of aromatic hydroxyl groups is 1. The molecule has 0 aliphatic rings. The predicted octanol–water partition coefficient (Wildman–Crippen LogP) is 7.32. The Balaban J connectivity index is 2.01. The molecule has 5 heteroatoms. The van der Waals surface area contributed by atoms with E-state index in [0.717, 1.165) is 47.5 Å². The monoisotopic (exact) mass is 491 g/mol. The van der Waals surface area contributed by atoms with E-state index in [2.05, 4.69) is 55.4 Å². The van der Waals surface area contributed by atoms with Crippen molar-refractivity contribution in [3.8, 4) is 5.75 Å². The molecule has 0 atom stereocenters. The maximum atomic E-state index is 13.7. The van der Waals surface area contributed by atoms with Crippen molar-refractivity contribution in [3.05, 3.63) is 58.7 Å². The molecule has 196 valence electrons. The van der Waals surface area contributed by atoms with E-state index >= 15 is 0 Å². The maximum absolute atomic E-state index is 13.7. The first-order valence-corrected chi connectivity index (χ1v) is 13.4. The number of aryl methyl sites for hydroxylation is 1. The Bertz CT molecular complexity index is 1240. The van der Waals surface area contributed by atoms with Gasteiger partial charge in [-0.3, -0.25) is 10.2 Å². The first-order chi connectivity index (χ1) is 16.8. The number of phenolic OH excluding ortho intramolecular Hbond substituents is 1. The van der Waals surface area contributed by atoms with Gasteiger partial charge in [0.2, 0.25) is 5.62 Å². The van der Waals surface area contributed by atoms with Crippen molar-refractivity contribution < 1.29 is 9.90 Å². The molecule has 5 nitrogen and oxygen atoms in total. The van der Waals surface area contributed by atoms with Crippen molar-refractivity contribution >= 4 is 16.8 Å². The van der Waals surface area contributed by atoms with E-state index in [1.165, 1.54) is 12.8 Å². The van der Waals surface area contributed by atoms with E-state index in [1.807, 2.05) is 45.5 Å². The van der Waals surface area contributed by atoms with E-state index in [1.54, 1.807) is 0 Å². The molecule has 0 aliphatic heterocycles. The number of hydrogen-bond acceptors (Lipinski definition) is 3. The standard InChI is InChI=1S/C31H45N3O2/c1-9-21(10-2)14-13-17-33-25-15-11-12-16-26(25)34(29(33)32)20-27(35)22-18-23(30(3,4)5)28(36)24(19-22)31(6,7)8/h11-12,15-16,18-19,21,32,36H,9-10,13-14,17,20H2,1-8H3. The summed E-state index contributed by atoms with van der Waals surface area (Å²) >= 11 is 0. The minimum Gasteiger partial charge on any atom is -0.507 e. The maximum Gasteiger partial charge on any atom is 0.203 e. The van der Waals surface area contributed by atoms with Gasteiger partial charge < -0.3 is 14.2 Å². The highest BCUT2D eigenvalue weighted by atomic mass is 16.3. The molecule has 0 unspecified atom stereocenters. The Morgan fingerprint density at radius 1 is 0.917 bits per heavy atom. The summed E-state index contributed by atoms with van der Waals surface area (Å²) in [6, 6.07) is 11.7. The van der Waals surface area contributed by atoms with Crippen LogP contribution < -0.4 is 5.62 Å². The summed E-state index contributed by atoms with van der Waals surface area (Å²) < 4.78 is 3.87. The van der Waals surface area contributed by atoms with E-state index in [-0.39, 0.29) is 28.9 Å². The number of ketones is 1. The lowest BCUT2D eigenvalue weighted by molar-refractivity contribution is 0.0971. The number of carbonyl (C=O) groups is 1. The lowest BCUT2D eigenvalue weighted by atomic mass is 9.78. The Morgan fingerprint density at radius 3 is 1.89 bits per heavy atom. The number of aromatic nitrogens is 2. The normalized spacial score (nSPS) is 12.6. The first-order valence-electron chi connectivity index (χ1n) is 13.4. The molecule has 0 radical (unpaired) electrons. The fourth-order valence-electron chi connectivity index (χ4n) is 5.09. The van der Waals surface area contributed by atoms with Crippen molar-refractivity contribution in [1.82, 2.24) is 9.13 Å². The zero-order chi connectivity index (χ0) is 26.8. The van der Waals surface area contributed by atoms with Crippen molar-refractivity contribution in [2.45, 2.75) is 105 Å². The minimum absolute atomic E-state index is 0.0515. The number of phenols is 1. The Kier molecular flexibility index (Phi) is 8.22. The van der Waals surface area contributed by atoms with Crippen LogP contribution in [0.25, 0.3) is 11.0 Å². The number of para-hydroxylation sites is 2. The van der Waals surface area contributed by atoms with Gasteiger partial charge in [0.25, 0.3) is 0 Å². The van der Waals surface area contributed by atoms with Gasteiger partial charge in [0.1, 0.15) is 5.75 Å². The molecule has 36 heavy (non-hydrogen) atoms. The van der Waals surface area contributed by atoms with Crippen molar-refractivity contribution in [2.24, 2.45) is 5.92 Å². The number of benzene rings is 2. The highest BCUT2D eigenvalue weighted by molar-refractivity contribution is 5.97. The highest BCUT2D eigenvalue weighted by Crippen LogP contribution is 2.40. The molecule has 0 saturated carbocycles. The van der Waals surface area contributed by atoms with E-state index in [0.29, 0.717) is 11.2 Å². The second-order valence-electron chi connectivity index (χ2n) is 12.2. The van der Waals surface area contributed by atoms with Crippen LogP contribution in [0.4, 0.5) is 0 Å². The van der Waals surface area contributed by atoms with E-state index in [9.17, 15) is 9.90 Å². The van der Waals surface area contributed by atoms with Crippen LogP contribution in [0.5, 0.6) is 5.75 Å². The van der Waals surface area contributed by atoms with Gasteiger partial charge >= 0.3 is 0 Å². The first kappa shape index (κ1) is 27.8. The van der Waals surface area contributed by atoms with Crippen molar-refractivity contribution in [3.63, 3.8) is 0 Å². The van der Waals surface area contributed by atoms with Crippen LogP contribution in [0.1, 0.15) is 103 Å². The third-order valence-electron chi connectivity index (χ3n) is 7.47. The fraction of sp³-hybridized carbons (Fsp3) is 0.548. The molecule has 0 saturated heterocycles. The number of rotatable bonds is 9. The molecule has 0 amide bonds. The molecule has 3 rings (SSSR count). The topological polar surface area (TPSA) is 71.0 Å². The van der Waals surface area contributed by atoms with Gasteiger partial charge in [-0.2, -0.15) is 0 Å². The molecule has 0 aliphatic carbocycles. The second kappa shape index (κ2) is 10.7. The smallest absolute Gasteiger partial charge is 0.203 e. The summed E-state index contributed by atoms with van der Waals surface area (Å²) in [5, 5.41) is 20.0. The molecule has 2 N–H and O–H groups in total. The number of nitrogens with one attached hydrogen (secondary N) is 1. The Hall–Kier alpha value is -2.82. The van der Waals surface area contributed by atoms with Crippen LogP contribution in [-0.2, 0) is 23.9 Å². The summed E-state index contributed by atoms with van der Waals surface area (Å²) in [4.78, 5) is 13.7. The second-order valence-corrected chi connectivity index (χ2v) is 12.2. The van der Waals surface area contributed by atoms with Crippen molar-refractivity contribution in [1.29, 1.82) is 5.41 Å².